The minimum Gasteiger partial charge on any atom is -0.481 e. The third-order valence-corrected chi connectivity index (χ3v) is 4.70. The number of alkyl halides is 3. The number of aromatic nitrogens is 2. The van der Waals surface area contributed by atoms with E-state index in [1.165, 1.54) is 12.1 Å². The van der Waals surface area contributed by atoms with Crippen molar-refractivity contribution in [3.63, 3.8) is 0 Å². The van der Waals surface area contributed by atoms with Crippen molar-refractivity contribution in [2.24, 2.45) is 11.8 Å². The normalized spacial score (nSPS) is 21.7. The fraction of sp³-hybridized carbons (Fsp3) is 0.444. The molecule has 140 valence electrons. The van der Waals surface area contributed by atoms with E-state index in [9.17, 15) is 23.1 Å². The molecule has 2 N–H and O–H groups in total. The first-order chi connectivity index (χ1) is 12.2. The lowest BCUT2D eigenvalue weighted by atomic mass is 9.90. The van der Waals surface area contributed by atoms with E-state index in [4.69, 9.17) is 0 Å². The van der Waals surface area contributed by atoms with Gasteiger partial charge in [0.25, 0.3) is 0 Å². The maximum atomic E-state index is 12.7. The monoisotopic (exact) mass is 367 g/mol. The summed E-state index contributed by atoms with van der Waals surface area (Å²) in [5, 5.41) is 16.1. The van der Waals surface area contributed by atoms with Crippen LogP contribution in [0.15, 0.2) is 30.5 Å². The Labute approximate surface area is 148 Å². The summed E-state index contributed by atoms with van der Waals surface area (Å²) < 4.78 is 38.1. The number of carboxylic acids is 1. The summed E-state index contributed by atoms with van der Waals surface area (Å²) in [6, 6.07) is 4.92. The van der Waals surface area contributed by atoms with Crippen molar-refractivity contribution in [1.29, 1.82) is 0 Å². The highest BCUT2D eigenvalue weighted by Gasteiger charge is 2.31. The van der Waals surface area contributed by atoms with Crippen LogP contribution in [0.3, 0.4) is 0 Å². The topological polar surface area (TPSA) is 69.2 Å². The number of carboxylic acid groups (broad SMARTS) is 1. The molecule has 2 atom stereocenters. The van der Waals surface area contributed by atoms with Crippen LogP contribution in [0.1, 0.15) is 24.5 Å². The highest BCUT2D eigenvalue weighted by atomic mass is 19.4. The molecule has 1 saturated heterocycles. The Morgan fingerprint density at radius 1 is 1.31 bits per heavy atom. The van der Waals surface area contributed by atoms with E-state index in [1.54, 1.807) is 6.20 Å². The molecule has 1 fully saturated rings. The number of halogens is 3. The van der Waals surface area contributed by atoms with Crippen LogP contribution < -0.4 is 0 Å². The first-order valence-corrected chi connectivity index (χ1v) is 8.39. The summed E-state index contributed by atoms with van der Waals surface area (Å²) in [5.41, 5.74) is 1.41. The van der Waals surface area contributed by atoms with E-state index in [2.05, 4.69) is 15.1 Å². The van der Waals surface area contributed by atoms with Crippen molar-refractivity contribution in [3.8, 4) is 11.3 Å². The maximum absolute atomic E-state index is 12.7. The van der Waals surface area contributed by atoms with Gasteiger partial charge in [-0.3, -0.25) is 14.8 Å². The van der Waals surface area contributed by atoms with E-state index in [-0.39, 0.29) is 5.92 Å². The largest absolute Gasteiger partial charge is 0.481 e. The molecule has 26 heavy (non-hydrogen) atoms. The van der Waals surface area contributed by atoms with Crippen LogP contribution in [0.5, 0.6) is 0 Å². The molecule has 1 aliphatic rings. The van der Waals surface area contributed by atoms with E-state index >= 15 is 0 Å². The van der Waals surface area contributed by atoms with Gasteiger partial charge >= 0.3 is 12.1 Å². The van der Waals surface area contributed by atoms with Gasteiger partial charge in [-0.2, -0.15) is 18.3 Å². The first kappa shape index (κ1) is 18.4. The Morgan fingerprint density at radius 2 is 2.00 bits per heavy atom. The number of hydrogen-bond acceptors (Lipinski definition) is 3. The Bertz CT molecular complexity index is 771. The second-order valence-electron chi connectivity index (χ2n) is 6.92. The molecule has 1 aromatic heterocycles. The number of nitrogens with one attached hydrogen (secondary N) is 1. The van der Waals surface area contributed by atoms with Gasteiger partial charge in [0.2, 0.25) is 0 Å². The number of H-pyrrole nitrogens is 1. The molecule has 2 aromatic rings. The standard InChI is InChI=1S/C18H20F3N3O2/c1-11-6-13(17(25)26)9-24(8-11)10-14-7-22-23-16(14)12-2-4-15(5-3-12)18(19,20)21/h2-5,7,11,13H,6,8-10H2,1H3,(H,22,23)(H,25,26). The SMILES string of the molecule is CC1CC(C(=O)O)CN(Cc2cn[nH]c2-c2ccc(C(F)(F)F)cc2)C1. The number of aromatic amines is 1. The third kappa shape index (κ3) is 4.07. The van der Waals surface area contributed by atoms with Crippen molar-refractivity contribution >= 4 is 5.97 Å². The average molecular weight is 367 g/mol. The summed E-state index contributed by atoms with van der Waals surface area (Å²) in [5.74, 6) is -0.928. The molecule has 2 heterocycles. The number of carbonyl (C=O) groups is 1. The van der Waals surface area contributed by atoms with Gasteiger partial charge in [0.05, 0.1) is 23.4 Å². The van der Waals surface area contributed by atoms with E-state index in [0.29, 0.717) is 30.8 Å². The predicted molar refractivity (Wildman–Crippen MR) is 89.2 cm³/mol. The molecule has 0 aliphatic carbocycles. The zero-order valence-electron chi connectivity index (χ0n) is 14.3. The van der Waals surface area contributed by atoms with Crippen LogP contribution in [0.25, 0.3) is 11.3 Å². The van der Waals surface area contributed by atoms with E-state index in [1.807, 2.05) is 6.92 Å². The summed E-state index contributed by atoms with van der Waals surface area (Å²) >= 11 is 0. The molecule has 0 spiro atoms. The number of rotatable bonds is 4. The van der Waals surface area contributed by atoms with E-state index < -0.39 is 23.6 Å². The zero-order chi connectivity index (χ0) is 18.9. The molecule has 1 aliphatic heterocycles. The Hall–Kier alpha value is -2.35. The van der Waals surface area contributed by atoms with Gasteiger partial charge in [-0.15, -0.1) is 0 Å². The lowest BCUT2D eigenvalue weighted by molar-refractivity contribution is -0.144. The highest BCUT2D eigenvalue weighted by Crippen LogP contribution is 2.32. The van der Waals surface area contributed by atoms with Gasteiger partial charge in [0.1, 0.15) is 0 Å². The fourth-order valence-electron chi connectivity index (χ4n) is 3.52. The van der Waals surface area contributed by atoms with Crippen LogP contribution in [-0.4, -0.2) is 39.3 Å². The Balaban J connectivity index is 1.77. The van der Waals surface area contributed by atoms with Crippen LogP contribution >= 0.6 is 0 Å². The second kappa shape index (κ2) is 7.11. The molecular weight excluding hydrogens is 347 g/mol. The minimum atomic E-state index is -4.37. The quantitative estimate of drug-likeness (QED) is 0.866. The van der Waals surface area contributed by atoms with Crippen molar-refractivity contribution in [1.82, 2.24) is 15.1 Å². The average Bonchev–Trinajstić information content (AvgIpc) is 3.01. The summed E-state index contributed by atoms with van der Waals surface area (Å²) in [4.78, 5) is 13.4. The van der Waals surface area contributed by atoms with Gasteiger partial charge in [0.15, 0.2) is 0 Å². The van der Waals surface area contributed by atoms with Crippen LogP contribution in [-0.2, 0) is 17.5 Å². The number of hydrogen-bond donors (Lipinski definition) is 2. The molecule has 5 nitrogen and oxygen atoms in total. The van der Waals surface area contributed by atoms with Crippen molar-refractivity contribution < 1.29 is 23.1 Å². The predicted octanol–water partition coefficient (Wildman–Crippen LogP) is 3.64. The van der Waals surface area contributed by atoms with Crippen LogP contribution in [0.4, 0.5) is 13.2 Å². The van der Waals surface area contributed by atoms with Crippen LogP contribution in [0.2, 0.25) is 0 Å². The van der Waals surface area contributed by atoms with Crippen molar-refractivity contribution in [3.05, 3.63) is 41.6 Å². The zero-order valence-corrected chi connectivity index (χ0v) is 14.3. The first-order valence-electron chi connectivity index (χ1n) is 8.39. The number of benzene rings is 1. The van der Waals surface area contributed by atoms with Gasteiger partial charge in [-0.1, -0.05) is 19.1 Å². The number of likely N-dealkylation sites (tertiary alicyclic amines) is 1. The molecular formula is C18H20F3N3O2. The van der Waals surface area contributed by atoms with Crippen molar-refractivity contribution in [2.45, 2.75) is 26.1 Å². The highest BCUT2D eigenvalue weighted by molar-refractivity contribution is 5.70. The Morgan fingerprint density at radius 3 is 2.62 bits per heavy atom. The van der Waals surface area contributed by atoms with Gasteiger partial charge in [0, 0.05) is 25.2 Å². The second-order valence-corrected chi connectivity index (χ2v) is 6.92. The summed E-state index contributed by atoms with van der Waals surface area (Å²) in [6.45, 7) is 3.76. The number of piperidine rings is 1. The summed E-state index contributed by atoms with van der Waals surface area (Å²) in [7, 11) is 0. The molecule has 3 rings (SSSR count). The number of nitrogens with zero attached hydrogens (tertiary/aromatic N) is 2. The summed E-state index contributed by atoms with van der Waals surface area (Å²) in [6.07, 6.45) is -2.07. The molecule has 0 radical (unpaired) electrons. The Kier molecular flexibility index (Phi) is 5.04. The lowest BCUT2D eigenvalue weighted by Crippen LogP contribution is -2.41. The van der Waals surface area contributed by atoms with Gasteiger partial charge in [-0.05, 0) is 30.0 Å². The molecule has 1 aromatic carbocycles. The van der Waals surface area contributed by atoms with Gasteiger partial charge < -0.3 is 5.11 Å². The van der Waals surface area contributed by atoms with Gasteiger partial charge in [-0.25, -0.2) is 0 Å². The third-order valence-electron chi connectivity index (χ3n) is 4.70. The van der Waals surface area contributed by atoms with Crippen LogP contribution in [0, 0.1) is 11.8 Å². The molecule has 0 saturated carbocycles. The minimum absolute atomic E-state index is 0.270. The fourth-order valence-corrected chi connectivity index (χ4v) is 3.52. The van der Waals surface area contributed by atoms with E-state index in [0.717, 1.165) is 24.2 Å². The van der Waals surface area contributed by atoms with Crippen molar-refractivity contribution in [2.75, 3.05) is 13.1 Å². The molecule has 0 amide bonds. The molecule has 8 heteroatoms. The molecule has 0 bridgehead atoms. The smallest absolute Gasteiger partial charge is 0.416 e. The molecule has 2 unspecified atom stereocenters. The number of aliphatic carboxylic acids is 1. The lowest BCUT2D eigenvalue weighted by Gasteiger charge is -2.34. The maximum Gasteiger partial charge on any atom is 0.416 e.